The Morgan fingerprint density at radius 1 is 1.00 bits per heavy atom. The molecule has 4 aromatic heterocycles. The van der Waals surface area contributed by atoms with E-state index in [0.29, 0.717) is 33.7 Å². The monoisotopic (exact) mass is 524 g/mol. The van der Waals surface area contributed by atoms with E-state index in [9.17, 15) is 13.6 Å². The van der Waals surface area contributed by atoms with Gasteiger partial charge in [0.15, 0.2) is 17.2 Å². The van der Waals surface area contributed by atoms with E-state index in [0.717, 1.165) is 27.4 Å². The molecule has 0 bridgehead atoms. The van der Waals surface area contributed by atoms with Crippen LogP contribution in [0.1, 0.15) is 16.1 Å². The maximum atomic E-state index is 14.1. The fourth-order valence-electron chi connectivity index (χ4n) is 4.85. The molecule has 0 atom stereocenters. The number of carbonyl (C=O) groups excluding carboxylic acids is 1. The number of nitrogens with zero attached hydrogens (tertiary/aromatic N) is 3. The minimum Gasteiger partial charge on any atom is -0.454 e. The van der Waals surface area contributed by atoms with Crippen molar-refractivity contribution < 1.29 is 18.3 Å². The number of aromatic nitrogens is 4. The summed E-state index contributed by atoms with van der Waals surface area (Å²) in [5, 5.41) is 6.15. The highest BCUT2D eigenvalue weighted by molar-refractivity contribution is 7.13. The van der Waals surface area contributed by atoms with Gasteiger partial charge in [-0.2, -0.15) is 4.39 Å². The van der Waals surface area contributed by atoms with Gasteiger partial charge in [0.25, 0.3) is 0 Å². The number of aryl methyl sites for hydroxylation is 1. The smallest absolute Gasteiger partial charge is 0.214 e. The van der Waals surface area contributed by atoms with E-state index in [1.54, 1.807) is 40.2 Å². The van der Waals surface area contributed by atoms with Crippen LogP contribution >= 0.6 is 11.3 Å². The van der Waals surface area contributed by atoms with Crippen molar-refractivity contribution in [2.24, 2.45) is 7.05 Å². The highest BCUT2D eigenvalue weighted by Gasteiger charge is 2.23. The van der Waals surface area contributed by atoms with Crippen molar-refractivity contribution in [1.82, 2.24) is 19.2 Å². The molecule has 38 heavy (non-hydrogen) atoms. The lowest BCUT2D eigenvalue weighted by molar-refractivity contribution is 0.103. The highest BCUT2D eigenvalue weighted by atomic mass is 32.1. The molecule has 0 aliphatic heterocycles. The molecule has 0 saturated heterocycles. The van der Waals surface area contributed by atoms with Crippen molar-refractivity contribution in [3.05, 3.63) is 107 Å². The number of nitrogens with one attached hydrogen (secondary N) is 1. The van der Waals surface area contributed by atoms with Gasteiger partial charge >= 0.3 is 0 Å². The molecule has 0 saturated carbocycles. The molecular formula is C29H18F2N4O2S. The molecule has 0 aliphatic rings. The number of hydrogen-bond acceptors (Lipinski definition) is 4. The fourth-order valence-corrected chi connectivity index (χ4v) is 5.61. The van der Waals surface area contributed by atoms with E-state index in [-0.39, 0.29) is 11.5 Å². The van der Waals surface area contributed by atoms with Crippen LogP contribution in [0.2, 0.25) is 0 Å². The minimum atomic E-state index is -1.06. The summed E-state index contributed by atoms with van der Waals surface area (Å²) >= 11 is 1.66. The molecule has 3 aromatic carbocycles. The summed E-state index contributed by atoms with van der Waals surface area (Å²) in [6, 6.07) is 20.8. The molecule has 4 heterocycles. The number of ether oxygens (including phenoxy) is 1. The van der Waals surface area contributed by atoms with Crippen LogP contribution in [0.4, 0.5) is 8.78 Å². The van der Waals surface area contributed by atoms with Crippen molar-refractivity contribution in [3.8, 4) is 21.9 Å². The van der Waals surface area contributed by atoms with E-state index < -0.39 is 11.6 Å². The number of fused-ring (bicyclic) bond motifs is 4. The summed E-state index contributed by atoms with van der Waals surface area (Å²) in [4.78, 5) is 19.6. The van der Waals surface area contributed by atoms with E-state index in [1.165, 1.54) is 12.1 Å². The average Bonchev–Trinajstić information content (AvgIpc) is 3.70. The van der Waals surface area contributed by atoms with Crippen molar-refractivity contribution in [3.63, 3.8) is 0 Å². The summed E-state index contributed by atoms with van der Waals surface area (Å²) < 4.78 is 36.8. The van der Waals surface area contributed by atoms with Gasteiger partial charge in [0.2, 0.25) is 11.6 Å². The zero-order valence-electron chi connectivity index (χ0n) is 19.9. The maximum Gasteiger partial charge on any atom is 0.214 e. The van der Waals surface area contributed by atoms with Crippen molar-refractivity contribution in [2.75, 3.05) is 0 Å². The predicted octanol–water partition coefficient (Wildman–Crippen LogP) is 7.34. The Morgan fingerprint density at radius 3 is 2.71 bits per heavy atom. The highest BCUT2D eigenvalue weighted by Crippen LogP contribution is 2.34. The van der Waals surface area contributed by atoms with E-state index >= 15 is 0 Å². The second kappa shape index (κ2) is 8.39. The number of carbonyl (C=O) groups is 1. The van der Waals surface area contributed by atoms with Crippen LogP contribution < -0.4 is 4.74 Å². The minimum absolute atomic E-state index is 0.166. The van der Waals surface area contributed by atoms with Gasteiger partial charge < -0.3 is 9.30 Å². The lowest BCUT2D eigenvalue weighted by Gasteiger charge is -2.06. The van der Waals surface area contributed by atoms with Crippen LogP contribution in [0.3, 0.4) is 0 Å². The predicted molar refractivity (Wildman–Crippen MR) is 143 cm³/mol. The fraction of sp³-hybridized carbons (Fsp3) is 0.0345. The van der Waals surface area contributed by atoms with Crippen LogP contribution in [-0.4, -0.2) is 24.9 Å². The summed E-state index contributed by atoms with van der Waals surface area (Å²) in [7, 11) is 1.88. The van der Waals surface area contributed by atoms with Crippen LogP contribution in [-0.2, 0) is 7.05 Å². The van der Waals surface area contributed by atoms with Crippen LogP contribution in [0.5, 0.6) is 11.5 Å². The number of imidazole rings is 1. The first-order chi connectivity index (χ1) is 18.5. The SMILES string of the molecule is Cn1c(C(=O)c2c[nH]n3c2nc2cc(Oc4cccc(F)c4F)ccc23)cc2c(-c3cccs3)cccc21. The normalized spacial score (nSPS) is 11.7. The number of benzene rings is 3. The zero-order valence-corrected chi connectivity index (χ0v) is 20.7. The van der Waals surface area contributed by atoms with Crippen LogP contribution in [0.25, 0.3) is 38.0 Å². The number of rotatable bonds is 5. The first kappa shape index (κ1) is 22.4. The third kappa shape index (κ3) is 3.36. The van der Waals surface area contributed by atoms with E-state index in [2.05, 4.69) is 22.2 Å². The number of halogens is 2. The van der Waals surface area contributed by atoms with E-state index in [4.69, 9.17) is 4.74 Å². The van der Waals surface area contributed by atoms with Crippen LogP contribution in [0.15, 0.2) is 84.4 Å². The Bertz CT molecular complexity index is 2020. The first-order valence-corrected chi connectivity index (χ1v) is 12.7. The zero-order chi connectivity index (χ0) is 26.0. The molecule has 9 heteroatoms. The molecule has 1 N–H and O–H groups in total. The lowest BCUT2D eigenvalue weighted by atomic mass is 10.1. The Balaban J connectivity index is 1.29. The van der Waals surface area contributed by atoms with Gasteiger partial charge in [-0.05, 0) is 47.8 Å². The lowest BCUT2D eigenvalue weighted by Crippen LogP contribution is -2.06. The number of hydrogen-bond donors (Lipinski definition) is 1. The van der Waals surface area contributed by atoms with Crippen LogP contribution in [0, 0.1) is 11.6 Å². The quantitative estimate of drug-likeness (QED) is 0.240. The largest absolute Gasteiger partial charge is 0.454 e. The molecule has 186 valence electrons. The summed E-state index contributed by atoms with van der Waals surface area (Å²) in [6.07, 6.45) is 1.65. The molecular weight excluding hydrogens is 506 g/mol. The molecule has 7 aromatic rings. The molecule has 6 nitrogen and oxygen atoms in total. The van der Waals surface area contributed by atoms with Crippen molar-refractivity contribution >= 4 is 44.7 Å². The van der Waals surface area contributed by atoms with Crippen molar-refractivity contribution in [1.29, 1.82) is 0 Å². The standard InChI is InChI=1S/C29H18F2N4O2S/c1-34-22-7-2-5-17(26-9-4-12-38-26)18(22)14-24(34)28(36)19-15-32-35-23-11-10-16(13-21(23)33-29(19)35)37-25-8-3-6-20(30)27(25)31/h2-15,32H,1H3. The maximum absolute atomic E-state index is 14.1. The van der Waals surface area contributed by atoms with Crippen molar-refractivity contribution in [2.45, 2.75) is 0 Å². The molecule has 0 aliphatic carbocycles. The van der Waals surface area contributed by atoms with Gasteiger partial charge in [-0.1, -0.05) is 24.3 Å². The molecule has 7 rings (SSSR count). The Labute approximate surface area is 218 Å². The second-order valence-corrected chi connectivity index (χ2v) is 9.84. The number of thiophene rings is 1. The first-order valence-electron chi connectivity index (χ1n) is 11.8. The summed E-state index contributed by atoms with van der Waals surface area (Å²) in [5.41, 5.74) is 4.72. The molecule has 0 spiro atoms. The average molecular weight is 525 g/mol. The molecule has 0 radical (unpaired) electrons. The van der Waals surface area contributed by atoms with E-state index in [1.807, 2.05) is 41.3 Å². The Hall–Kier alpha value is -4.76. The molecule has 0 fully saturated rings. The Kier molecular flexibility index (Phi) is 4.95. The van der Waals surface area contributed by atoms with Gasteiger partial charge in [-0.25, -0.2) is 13.9 Å². The Morgan fingerprint density at radius 2 is 1.87 bits per heavy atom. The summed E-state index contributed by atoms with van der Waals surface area (Å²) in [6.45, 7) is 0. The number of aromatic amines is 1. The molecule has 0 unspecified atom stereocenters. The topological polar surface area (TPSA) is 64.3 Å². The second-order valence-electron chi connectivity index (χ2n) is 8.90. The van der Waals surface area contributed by atoms with Gasteiger partial charge in [0.05, 0.1) is 22.3 Å². The van der Waals surface area contributed by atoms with Gasteiger partial charge in [0.1, 0.15) is 5.75 Å². The number of H-pyrrole nitrogens is 1. The van der Waals surface area contributed by atoms with Gasteiger partial charge in [-0.3, -0.25) is 9.89 Å². The van der Waals surface area contributed by atoms with Gasteiger partial charge in [-0.15, -0.1) is 11.3 Å². The number of ketones is 1. The molecule has 0 amide bonds. The summed E-state index contributed by atoms with van der Waals surface area (Å²) in [5.74, 6) is -2.14. The third-order valence-corrected chi connectivity index (χ3v) is 7.60. The van der Waals surface area contributed by atoms with Gasteiger partial charge in [0, 0.05) is 40.7 Å². The third-order valence-electron chi connectivity index (χ3n) is 6.70.